The van der Waals surface area contributed by atoms with Gasteiger partial charge in [-0.25, -0.2) is 4.68 Å². The van der Waals surface area contributed by atoms with Gasteiger partial charge in [0.25, 0.3) is 11.1 Å². The molecule has 2 aromatic rings. The van der Waals surface area contributed by atoms with Gasteiger partial charge >= 0.3 is 0 Å². The van der Waals surface area contributed by atoms with E-state index in [1.54, 1.807) is 28.6 Å². The lowest BCUT2D eigenvalue weighted by Gasteiger charge is -2.31. The quantitative estimate of drug-likeness (QED) is 0.804. The van der Waals surface area contributed by atoms with Crippen LogP contribution in [0.25, 0.3) is 0 Å². The fourth-order valence-electron chi connectivity index (χ4n) is 3.62. The number of nitrogens with zero attached hydrogens (tertiary/aromatic N) is 5. The molecule has 4 rings (SSSR count). The first-order valence-corrected chi connectivity index (χ1v) is 9.40. The molecule has 0 unspecified atom stereocenters. The van der Waals surface area contributed by atoms with E-state index >= 15 is 0 Å². The van der Waals surface area contributed by atoms with Crippen LogP contribution in [0.2, 0.25) is 0 Å². The molecule has 1 saturated heterocycles. The monoisotopic (exact) mass is 355 g/mol. The van der Waals surface area contributed by atoms with Crippen LogP contribution in [0.15, 0.2) is 34.1 Å². The maximum absolute atomic E-state index is 12.1. The smallest absolute Gasteiger partial charge is 0.268 e. The highest BCUT2D eigenvalue weighted by Crippen LogP contribution is 2.38. The standard InChI is InChI=1S/C19H25N5O2/c1-22-12-16(20-10-19(22)26)13-23-8-6-14(7-9-23)11-24-18(25)5-4-17(21-24)15-2-3-15/h4-5,10,12,14-15H,2-3,6-9,11,13H2,1H3. The lowest BCUT2D eigenvalue weighted by molar-refractivity contribution is 0.161. The van der Waals surface area contributed by atoms with Gasteiger partial charge in [-0.1, -0.05) is 0 Å². The van der Waals surface area contributed by atoms with Crippen LogP contribution in [0.5, 0.6) is 0 Å². The van der Waals surface area contributed by atoms with E-state index in [9.17, 15) is 9.59 Å². The second-order valence-electron chi connectivity index (χ2n) is 7.60. The summed E-state index contributed by atoms with van der Waals surface area (Å²) in [5.74, 6) is 1.05. The van der Waals surface area contributed by atoms with Gasteiger partial charge in [-0.3, -0.25) is 19.5 Å². The zero-order chi connectivity index (χ0) is 18.1. The third kappa shape index (κ3) is 3.93. The third-order valence-electron chi connectivity index (χ3n) is 5.44. The van der Waals surface area contributed by atoms with Crippen LogP contribution in [-0.2, 0) is 20.1 Å². The van der Waals surface area contributed by atoms with Gasteiger partial charge in [0.1, 0.15) is 0 Å². The Balaban J connectivity index is 1.33. The number of hydrogen-bond donors (Lipinski definition) is 0. The first-order valence-electron chi connectivity index (χ1n) is 9.40. The zero-order valence-corrected chi connectivity index (χ0v) is 15.2. The minimum Gasteiger partial charge on any atom is -0.315 e. The highest BCUT2D eigenvalue weighted by molar-refractivity contribution is 5.12. The van der Waals surface area contributed by atoms with E-state index in [0.29, 0.717) is 18.4 Å². The van der Waals surface area contributed by atoms with Crippen molar-refractivity contribution in [1.29, 1.82) is 0 Å². The summed E-state index contributed by atoms with van der Waals surface area (Å²) in [7, 11) is 1.75. The first-order chi connectivity index (χ1) is 12.6. The van der Waals surface area contributed by atoms with Crippen molar-refractivity contribution in [2.24, 2.45) is 13.0 Å². The molecule has 7 heteroatoms. The summed E-state index contributed by atoms with van der Waals surface area (Å²) >= 11 is 0. The van der Waals surface area contributed by atoms with E-state index in [2.05, 4.69) is 15.0 Å². The van der Waals surface area contributed by atoms with E-state index < -0.39 is 0 Å². The van der Waals surface area contributed by atoms with E-state index in [0.717, 1.165) is 43.9 Å². The fourth-order valence-corrected chi connectivity index (χ4v) is 3.62. The van der Waals surface area contributed by atoms with E-state index in [-0.39, 0.29) is 11.1 Å². The van der Waals surface area contributed by atoms with Gasteiger partial charge in [-0.05, 0) is 50.8 Å². The molecule has 1 aliphatic carbocycles. The van der Waals surface area contributed by atoms with E-state index in [4.69, 9.17) is 0 Å². The summed E-state index contributed by atoms with van der Waals surface area (Å²) < 4.78 is 3.24. The summed E-state index contributed by atoms with van der Waals surface area (Å²) in [6.07, 6.45) is 7.68. The minimum atomic E-state index is -0.0844. The van der Waals surface area contributed by atoms with Crippen LogP contribution in [0, 0.1) is 5.92 Å². The maximum atomic E-state index is 12.1. The molecule has 1 aliphatic heterocycles. The van der Waals surface area contributed by atoms with E-state index in [1.165, 1.54) is 19.0 Å². The highest BCUT2D eigenvalue weighted by Gasteiger charge is 2.26. The van der Waals surface area contributed by atoms with Gasteiger partial charge in [0, 0.05) is 38.3 Å². The number of hydrogen-bond acceptors (Lipinski definition) is 5. The Bertz CT molecular complexity index is 891. The molecule has 2 fully saturated rings. The maximum Gasteiger partial charge on any atom is 0.268 e. The number of aromatic nitrogens is 4. The number of piperidine rings is 1. The lowest BCUT2D eigenvalue weighted by Crippen LogP contribution is -2.37. The normalized spacial score (nSPS) is 19.0. The molecule has 0 bridgehead atoms. The number of rotatable bonds is 5. The van der Waals surface area contributed by atoms with Crippen molar-refractivity contribution in [3.63, 3.8) is 0 Å². The third-order valence-corrected chi connectivity index (χ3v) is 5.44. The van der Waals surface area contributed by atoms with Crippen molar-refractivity contribution >= 4 is 0 Å². The van der Waals surface area contributed by atoms with Gasteiger partial charge in [-0.2, -0.15) is 5.10 Å². The van der Waals surface area contributed by atoms with Crippen LogP contribution in [0.4, 0.5) is 0 Å². The van der Waals surface area contributed by atoms with Gasteiger partial charge in [0.15, 0.2) is 0 Å². The second kappa shape index (κ2) is 7.15. The van der Waals surface area contributed by atoms with Gasteiger partial charge in [0.05, 0.1) is 17.6 Å². The SMILES string of the molecule is Cn1cc(CN2CCC(Cn3nc(C4CC4)ccc3=O)CC2)ncc1=O. The molecule has 26 heavy (non-hydrogen) atoms. The molecule has 0 amide bonds. The van der Waals surface area contributed by atoms with Crippen LogP contribution < -0.4 is 11.1 Å². The Hall–Kier alpha value is -2.28. The zero-order valence-electron chi connectivity index (χ0n) is 15.2. The Morgan fingerprint density at radius 3 is 2.54 bits per heavy atom. The van der Waals surface area contributed by atoms with Gasteiger partial charge in [-0.15, -0.1) is 0 Å². The molecular formula is C19H25N5O2. The molecule has 0 N–H and O–H groups in total. The molecular weight excluding hydrogens is 330 g/mol. The minimum absolute atomic E-state index is 0.00577. The van der Waals surface area contributed by atoms with Crippen molar-refractivity contribution in [3.05, 3.63) is 56.6 Å². The Morgan fingerprint density at radius 2 is 1.85 bits per heavy atom. The van der Waals surface area contributed by atoms with Crippen LogP contribution in [0.1, 0.15) is 43.0 Å². The largest absolute Gasteiger partial charge is 0.315 e. The van der Waals surface area contributed by atoms with Crippen LogP contribution in [-0.4, -0.2) is 37.3 Å². The van der Waals surface area contributed by atoms with E-state index in [1.807, 2.05) is 6.07 Å². The molecule has 138 valence electrons. The molecule has 2 aliphatic rings. The Morgan fingerprint density at radius 1 is 1.08 bits per heavy atom. The van der Waals surface area contributed by atoms with Crippen molar-refractivity contribution in [2.45, 2.75) is 44.7 Å². The molecule has 0 spiro atoms. The summed E-state index contributed by atoms with van der Waals surface area (Å²) in [6, 6.07) is 3.56. The molecule has 1 saturated carbocycles. The first kappa shape index (κ1) is 17.1. The van der Waals surface area contributed by atoms with Gasteiger partial charge < -0.3 is 4.57 Å². The van der Waals surface area contributed by atoms with Crippen molar-refractivity contribution in [1.82, 2.24) is 24.2 Å². The van der Waals surface area contributed by atoms with Crippen molar-refractivity contribution < 1.29 is 0 Å². The summed E-state index contributed by atoms with van der Waals surface area (Å²) in [4.78, 5) is 30.1. The number of likely N-dealkylation sites (tertiary alicyclic amines) is 1. The second-order valence-corrected chi connectivity index (χ2v) is 7.60. The fraction of sp³-hybridized carbons (Fsp3) is 0.579. The van der Waals surface area contributed by atoms with Crippen molar-refractivity contribution in [3.8, 4) is 0 Å². The average Bonchev–Trinajstić information content (AvgIpc) is 3.47. The summed E-state index contributed by atoms with van der Waals surface area (Å²) in [5.41, 5.74) is 1.91. The topological polar surface area (TPSA) is 73.0 Å². The Labute approximate surface area is 152 Å². The Kier molecular flexibility index (Phi) is 4.72. The van der Waals surface area contributed by atoms with Crippen molar-refractivity contribution in [2.75, 3.05) is 13.1 Å². The average molecular weight is 355 g/mol. The van der Waals surface area contributed by atoms with Crippen LogP contribution in [0.3, 0.4) is 0 Å². The lowest BCUT2D eigenvalue weighted by atomic mass is 9.96. The molecule has 0 radical (unpaired) electrons. The molecule has 0 atom stereocenters. The summed E-state index contributed by atoms with van der Waals surface area (Å²) in [5, 5.41) is 4.58. The predicted octanol–water partition coefficient (Wildman–Crippen LogP) is 1.13. The predicted molar refractivity (Wildman–Crippen MR) is 98.0 cm³/mol. The highest BCUT2D eigenvalue weighted by atomic mass is 16.1. The molecule has 3 heterocycles. The number of aryl methyl sites for hydroxylation is 1. The summed E-state index contributed by atoms with van der Waals surface area (Å²) in [6.45, 7) is 3.43. The van der Waals surface area contributed by atoms with Crippen LogP contribution >= 0.6 is 0 Å². The molecule has 2 aromatic heterocycles. The van der Waals surface area contributed by atoms with Gasteiger partial charge in [0.2, 0.25) is 0 Å². The molecule has 7 nitrogen and oxygen atoms in total. The molecule has 0 aromatic carbocycles.